The minimum atomic E-state index is 0.709. The average molecular weight is 229 g/mol. The van der Waals surface area contributed by atoms with E-state index in [0.29, 0.717) is 6.61 Å². The molecule has 12 heavy (non-hydrogen) atoms. The third-order valence-electron chi connectivity index (χ3n) is 1.85. The molecule has 0 unspecified atom stereocenters. The highest BCUT2D eigenvalue weighted by atomic mass is 79.9. The summed E-state index contributed by atoms with van der Waals surface area (Å²) in [6.45, 7) is 6.88. The lowest BCUT2D eigenvalue weighted by molar-refractivity contribution is 0.338. The first kappa shape index (κ1) is 9.59. The van der Waals surface area contributed by atoms with Gasteiger partial charge in [0.1, 0.15) is 5.75 Å². The van der Waals surface area contributed by atoms with E-state index in [-0.39, 0.29) is 0 Å². The molecule has 1 rings (SSSR count). The first-order valence-electron chi connectivity index (χ1n) is 4.04. The summed E-state index contributed by atoms with van der Waals surface area (Å²) in [5, 5.41) is 0. The number of halogens is 1. The molecular weight excluding hydrogens is 216 g/mol. The molecule has 0 bridgehead atoms. The van der Waals surface area contributed by atoms with Gasteiger partial charge in [-0.1, -0.05) is 0 Å². The Morgan fingerprint density at radius 1 is 1.25 bits per heavy atom. The Bertz CT molecular complexity index is 281. The normalized spacial score (nSPS) is 10.0. The summed E-state index contributed by atoms with van der Waals surface area (Å²) in [6.07, 6.45) is 0. The van der Waals surface area contributed by atoms with Crippen LogP contribution in [0.1, 0.15) is 18.1 Å². The van der Waals surface area contributed by atoms with E-state index in [0.717, 1.165) is 10.2 Å². The molecule has 1 aromatic rings. The van der Waals surface area contributed by atoms with E-state index < -0.39 is 0 Å². The summed E-state index contributed by atoms with van der Waals surface area (Å²) < 4.78 is 6.46. The van der Waals surface area contributed by atoms with Crippen LogP contribution in [0.3, 0.4) is 0 Å². The molecular formula is C10H13BrO. The SMILES string of the molecule is CCOc1cc(C)c(C)cc1Br. The van der Waals surface area contributed by atoms with Gasteiger partial charge < -0.3 is 4.74 Å². The molecule has 0 radical (unpaired) electrons. The molecule has 2 heteroatoms. The molecule has 0 fully saturated rings. The monoisotopic (exact) mass is 228 g/mol. The van der Waals surface area contributed by atoms with Crippen LogP contribution in [0.25, 0.3) is 0 Å². The van der Waals surface area contributed by atoms with Gasteiger partial charge in [-0.05, 0) is 60.0 Å². The van der Waals surface area contributed by atoms with Crippen molar-refractivity contribution in [1.29, 1.82) is 0 Å². The summed E-state index contributed by atoms with van der Waals surface area (Å²) in [4.78, 5) is 0. The number of rotatable bonds is 2. The Kier molecular flexibility index (Phi) is 3.15. The molecule has 0 spiro atoms. The van der Waals surface area contributed by atoms with Crippen molar-refractivity contribution in [3.63, 3.8) is 0 Å². The zero-order chi connectivity index (χ0) is 9.14. The number of hydrogen-bond acceptors (Lipinski definition) is 1. The lowest BCUT2D eigenvalue weighted by Gasteiger charge is -2.08. The molecule has 0 aliphatic heterocycles. The van der Waals surface area contributed by atoms with Crippen molar-refractivity contribution in [2.24, 2.45) is 0 Å². The smallest absolute Gasteiger partial charge is 0.133 e. The van der Waals surface area contributed by atoms with Gasteiger partial charge in [0.05, 0.1) is 11.1 Å². The van der Waals surface area contributed by atoms with Crippen molar-refractivity contribution in [3.05, 3.63) is 27.7 Å². The Morgan fingerprint density at radius 2 is 1.83 bits per heavy atom. The third kappa shape index (κ3) is 2.01. The maximum Gasteiger partial charge on any atom is 0.133 e. The van der Waals surface area contributed by atoms with Gasteiger partial charge in [-0.15, -0.1) is 0 Å². The molecule has 66 valence electrons. The Morgan fingerprint density at radius 3 is 2.42 bits per heavy atom. The maximum absolute atomic E-state index is 5.43. The number of aryl methyl sites for hydroxylation is 2. The molecule has 0 aliphatic carbocycles. The lowest BCUT2D eigenvalue weighted by atomic mass is 10.1. The largest absolute Gasteiger partial charge is 0.493 e. The molecule has 1 nitrogen and oxygen atoms in total. The molecule has 1 aromatic carbocycles. The summed E-state index contributed by atoms with van der Waals surface area (Å²) in [6, 6.07) is 4.14. The number of benzene rings is 1. The molecule has 0 amide bonds. The second-order valence-corrected chi connectivity index (χ2v) is 3.65. The topological polar surface area (TPSA) is 9.23 Å². The summed E-state index contributed by atoms with van der Waals surface area (Å²) in [7, 11) is 0. The van der Waals surface area contributed by atoms with Gasteiger partial charge in [-0.2, -0.15) is 0 Å². The van der Waals surface area contributed by atoms with Crippen molar-refractivity contribution in [3.8, 4) is 5.75 Å². The van der Waals surface area contributed by atoms with E-state index in [4.69, 9.17) is 4.74 Å². The predicted octanol–water partition coefficient (Wildman–Crippen LogP) is 3.46. The van der Waals surface area contributed by atoms with Gasteiger partial charge in [0.2, 0.25) is 0 Å². The van der Waals surface area contributed by atoms with Crippen LogP contribution >= 0.6 is 15.9 Å². The molecule has 0 saturated heterocycles. The lowest BCUT2D eigenvalue weighted by Crippen LogP contribution is -1.93. The summed E-state index contributed by atoms with van der Waals surface area (Å²) >= 11 is 3.46. The quantitative estimate of drug-likeness (QED) is 0.754. The minimum Gasteiger partial charge on any atom is -0.493 e. The second kappa shape index (κ2) is 3.94. The molecule has 0 aromatic heterocycles. The van der Waals surface area contributed by atoms with Gasteiger partial charge in [0.15, 0.2) is 0 Å². The minimum absolute atomic E-state index is 0.709. The number of hydrogen-bond donors (Lipinski definition) is 0. The standard InChI is InChI=1S/C10H13BrO/c1-4-12-10-6-8(3)7(2)5-9(10)11/h5-6H,4H2,1-3H3. The summed E-state index contributed by atoms with van der Waals surface area (Å²) in [5.41, 5.74) is 2.55. The van der Waals surface area contributed by atoms with Crippen molar-refractivity contribution in [1.82, 2.24) is 0 Å². The van der Waals surface area contributed by atoms with Crippen molar-refractivity contribution >= 4 is 15.9 Å². The van der Waals surface area contributed by atoms with Crippen LogP contribution in [0, 0.1) is 13.8 Å². The van der Waals surface area contributed by atoms with E-state index in [1.807, 2.05) is 6.92 Å². The fourth-order valence-electron chi connectivity index (χ4n) is 1.02. The highest BCUT2D eigenvalue weighted by Gasteiger charge is 2.02. The van der Waals surface area contributed by atoms with Gasteiger partial charge in [0, 0.05) is 0 Å². The molecule has 0 heterocycles. The van der Waals surface area contributed by atoms with E-state index >= 15 is 0 Å². The Labute approximate surface area is 81.9 Å². The fraction of sp³-hybridized carbons (Fsp3) is 0.400. The van der Waals surface area contributed by atoms with Crippen LogP contribution in [0.5, 0.6) is 5.75 Å². The van der Waals surface area contributed by atoms with E-state index in [9.17, 15) is 0 Å². The Balaban J connectivity index is 3.05. The van der Waals surface area contributed by atoms with E-state index in [2.05, 4.69) is 41.9 Å². The third-order valence-corrected chi connectivity index (χ3v) is 2.47. The van der Waals surface area contributed by atoms with Crippen LogP contribution in [-0.4, -0.2) is 6.61 Å². The van der Waals surface area contributed by atoms with Crippen LogP contribution in [-0.2, 0) is 0 Å². The first-order valence-corrected chi connectivity index (χ1v) is 4.84. The number of ether oxygens (including phenoxy) is 1. The zero-order valence-corrected chi connectivity index (χ0v) is 9.23. The average Bonchev–Trinajstić information content (AvgIpc) is 2.01. The molecule has 0 atom stereocenters. The first-order chi connectivity index (χ1) is 5.65. The van der Waals surface area contributed by atoms with Crippen LogP contribution in [0.2, 0.25) is 0 Å². The van der Waals surface area contributed by atoms with Gasteiger partial charge in [0.25, 0.3) is 0 Å². The van der Waals surface area contributed by atoms with Crippen LogP contribution in [0.15, 0.2) is 16.6 Å². The van der Waals surface area contributed by atoms with Crippen molar-refractivity contribution < 1.29 is 4.74 Å². The van der Waals surface area contributed by atoms with Gasteiger partial charge >= 0.3 is 0 Å². The van der Waals surface area contributed by atoms with E-state index in [1.165, 1.54) is 11.1 Å². The van der Waals surface area contributed by atoms with Crippen molar-refractivity contribution in [2.75, 3.05) is 6.61 Å². The van der Waals surface area contributed by atoms with Crippen molar-refractivity contribution in [2.45, 2.75) is 20.8 Å². The highest BCUT2D eigenvalue weighted by molar-refractivity contribution is 9.10. The Hall–Kier alpha value is -0.500. The predicted molar refractivity (Wildman–Crippen MR) is 54.8 cm³/mol. The van der Waals surface area contributed by atoms with Crippen LogP contribution in [0.4, 0.5) is 0 Å². The molecule has 0 aliphatic rings. The van der Waals surface area contributed by atoms with Crippen LogP contribution < -0.4 is 4.74 Å². The van der Waals surface area contributed by atoms with Gasteiger partial charge in [-0.3, -0.25) is 0 Å². The maximum atomic E-state index is 5.43. The fourth-order valence-corrected chi connectivity index (χ4v) is 1.59. The molecule has 0 N–H and O–H groups in total. The highest BCUT2D eigenvalue weighted by Crippen LogP contribution is 2.27. The summed E-state index contributed by atoms with van der Waals surface area (Å²) in [5.74, 6) is 0.931. The van der Waals surface area contributed by atoms with E-state index in [1.54, 1.807) is 0 Å². The van der Waals surface area contributed by atoms with Gasteiger partial charge in [-0.25, -0.2) is 0 Å². The second-order valence-electron chi connectivity index (χ2n) is 2.80. The molecule has 0 saturated carbocycles. The zero-order valence-electron chi connectivity index (χ0n) is 7.65.